The van der Waals surface area contributed by atoms with E-state index in [1.807, 2.05) is 0 Å². The van der Waals surface area contributed by atoms with E-state index in [-0.39, 0.29) is 21.7 Å². The normalized spacial score (nSPS) is 15.8. The van der Waals surface area contributed by atoms with Gasteiger partial charge in [0.25, 0.3) is 5.91 Å². The second-order valence-corrected chi connectivity index (χ2v) is 6.91. The summed E-state index contributed by atoms with van der Waals surface area (Å²) >= 11 is 11.4. The maximum absolute atomic E-state index is 13.5. The standard InChI is InChI=1S/C17H19Cl2FN2O4/c1-9(15(23)22-17(25)21-10-5-3-2-4-6-10)26-16(24)11-7-14(20)13(19)8-12(11)18/h7-10H,2-6H2,1H3,(H2,21,22,23,25)/t9-/m1/s1. The zero-order valence-electron chi connectivity index (χ0n) is 14.1. The number of nitrogens with one attached hydrogen (secondary N) is 2. The molecule has 1 aliphatic carbocycles. The lowest BCUT2D eigenvalue weighted by Crippen LogP contribution is -2.48. The molecule has 0 saturated heterocycles. The van der Waals surface area contributed by atoms with E-state index >= 15 is 0 Å². The number of rotatable bonds is 4. The molecule has 1 aromatic rings. The van der Waals surface area contributed by atoms with Crippen LogP contribution in [0.2, 0.25) is 10.0 Å². The highest BCUT2D eigenvalue weighted by Gasteiger charge is 2.24. The van der Waals surface area contributed by atoms with Gasteiger partial charge in [0.15, 0.2) is 6.10 Å². The van der Waals surface area contributed by atoms with Crippen molar-refractivity contribution >= 4 is 41.1 Å². The predicted molar refractivity (Wildman–Crippen MR) is 94.8 cm³/mol. The van der Waals surface area contributed by atoms with Gasteiger partial charge in [-0.05, 0) is 31.9 Å². The lowest BCUT2D eigenvalue weighted by molar-refractivity contribution is -0.127. The molecule has 0 heterocycles. The molecule has 142 valence electrons. The summed E-state index contributed by atoms with van der Waals surface area (Å²) < 4.78 is 18.4. The van der Waals surface area contributed by atoms with E-state index in [9.17, 15) is 18.8 Å². The summed E-state index contributed by atoms with van der Waals surface area (Å²) in [7, 11) is 0. The van der Waals surface area contributed by atoms with Crippen LogP contribution in [0.4, 0.5) is 9.18 Å². The number of esters is 1. The summed E-state index contributed by atoms with van der Waals surface area (Å²) in [6.45, 7) is 1.29. The number of hydrogen-bond donors (Lipinski definition) is 2. The van der Waals surface area contributed by atoms with Crippen molar-refractivity contribution in [3.63, 3.8) is 0 Å². The highest BCUT2D eigenvalue weighted by molar-refractivity contribution is 6.36. The summed E-state index contributed by atoms with van der Waals surface area (Å²) in [6.07, 6.45) is 3.67. The first-order valence-electron chi connectivity index (χ1n) is 8.25. The van der Waals surface area contributed by atoms with Crippen LogP contribution in [0.25, 0.3) is 0 Å². The third-order valence-corrected chi connectivity index (χ3v) is 4.66. The van der Waals surface area contributed by atoms with E-state index in [4.69, 9.17) is 27.9 Å². The molecule has 1 saturated carbocycles. The van der Waals surface area contributed by atoms with Gasteiger partial charge in [0.05, 0.1) is 15.6 Å². The van der Waals surface area contributed by atoms with Crippen LogP contribution in [0, 0.1) is 5.82 Å². The number of benzene rings is 1. The van der Waals surface area contributed by atoms with E-state index in [0.29, 0.717) is 0 Å². The van der Waals surface area contributed by atoms with Crippen LogP contribution >= 0.6 is 23.2 Å². The van der Waals surface area contributed by atoms with Crippen molar-refractivity contribution in [3.05, 3.63) is 33.6 Å². The molecule has 1 fully saturated rings. The molecular weight excluding hydrogens is 386 g/mol. The van der Waals surface area contributed by atoms with Gasteiger partial charge in [-0.3, -0.25) is 10.1 Å². The molecule has 6 nitrogen and oxygen atoms in total. The highest BCUT2D eigenvalue weighted by Crippen LogP contribution is 2.25. The number of amides is 3. The van der Waals surface area contributed by atoms with E-state index < -0.39 is 29.8 Å². The molecule has 0 bridgehead atoms. The number of carbonyl (C=O) groups is 3. The minimum atomic E-state index is -1.27. The molecule has 0 spiro atoms. The average Bonchev–Trinajstić information content (AvgIpc) is 2.58. The minimum absolute atomic E-state index is 0.0326. The maximum atomic E-state index is 13.5. The van der Waals surface area contributed by atoms with Crippen LogP contribution in [0.3, 0.4) is 0 Å². The molecule has 1 aliphatic rings. The van der Waals surface area contributed by atoms with Gasteiger partial charge in [-0.1, -0.05) is 42.5 Å². The molecular formula is C17H19Cl2FN2O4. The van der Waals surface area contributed by atoms with Crippen LogP contribution < -0.4 is 10.6 Å². The number of ether oxygens (including phenoxy) is 1. The fourth-order valence-corrected chi connectivity index (χ4v) is 3.10. The van der Waals surface area contributed by atoms with Gasteiger partial charge in [-0.15, -0.1) is 0 Å². The predicted octanol–water partition coefficient (Wildman–Crippen LogP) is 3.84. The first-order chi connectivity index (χ1) is 12.3. The quantitative estimate of drug-likeness (QED) is 0.589. The molecule has 0 unspecified atom stereocenters. The van der Waals surface area contributed by atoms with Crippen LogP contribution in [0.1, 0.15) is 49.4 Å². The zero-order chi connectivity index (χ0) is 19.3. The largest absolute Gasteiger partial charge is 0.449 e. The Hall–Kier alpha value is -1.86. The first-order valence-corrected chi connectivity index (χ1v) is 9.00. The Morgan fingerprint density at radius 3 is 2.46 bits per heavy atom. The fourth-order valence-electron chi connectivity index (χ4n) is 2.64. The Labute approximate surface area is 160 Å². The van der Waals surface area contributed by atoms with Gasteiger partial charge >= 0.3 is 12.0 Å². The van der Waals surface area contributed by atoms with E-state index in [1.165, 1.54) is 6.92 Å². The van der Waals surface area contributed by atoms with Crippen molar-refractivity contribution < 1.29 is 23.5 Å². The van der Waals surface area contributed by atoms with Crippen molar-refractivity contribution in [1.82, 2.24) is 10.6 Å². The van der Waals surface area contributed by atoms with Crippen molar-refractivity contribution in [2.45, 2.75) is 51.2 Å². The lowest BCUT2D eigenvalue weighted by atomic mass is 9.96. The van der Waals surface area contributed by atoms with Gasteiger partial charge < -0.3 is 10.1 Å². The minimum Gasteiger partial charge on any atom is -0.449 e. The second kappa shape index (κ2) is 9.19. The Morgan fingerprint density at radius 1 is 1.15 bits per heavy atom. The van der Waals surface area contributed by atoms with E-state index in [0.717, 1.165) is 44.2 Å². The third kappa shape index (κ3) is 5.57. The first kappa shape index (κ1) is 20.5. The molecule has 2 rings (SSSR count). The molecule has 0 aliphatic heterocycles. The third-order valence-electron chi connectivity index (χ3n) is 4.06. The molecule has 0 aromatic heterocycles. The molecule has 3 amide bonds. The van der Waals surface area contributed by atoms with Gasteiger partial charge in [0.2, 0.25) is 0 Å². The zero-order valence-corrected chi connectivity index (χ0v) is 15.6. The van der Waals surface area contributed by atoms with Crippen LogP contribution in [0.5, 0.6) is 0 Å². The molecule has 1 atom stereocenters. The fraction of sp³-hybridized carbons (Fsp3) is 0.471. The average molecular weight is 405 g/mol. The smallest absolute Gasteiger partial charge is 0.340 e. The van der Waals surface area contributed by atoms with Crippen molar-refractivity contribution in [1.29, 1.82) is 0 Å². The van der Waals surface area contributed by atoms with Crippen molar-refractivity contribution in [2.24, 2.45) is 0 Å². The van der Waals surface area contributed by atoms with Crippen LogP contribution in [-0.2, 0) is 9.53 Å². The molecule has 1 aromatic carbocycles. The van der Waals surface area contributed by atoms with Gasteiger partial charge in [0.1, 0.15) is 5.82 Å². The van der Waals surface area contributed by atoms with Gasteiger partial charge in [-0.2, -0.15) is 0 Å². The van der Waals surface area contributed by atoms with E-state index in [2.05, 4.69) is 10.6 Å². The van der Waals surface area contributed by atoms with Crippen molar-refractivity contribution in [2.75, 3.05) is 0 Å². The molecule has 9 heteroatoms. The molecule has 2 N–H and O–H groups in total. The Bertz CT molecular complexity index is 708. The highest BCUT2D eigenvalue weighted by atomic mass is 35.5. The summed E-state index contributed by atoms with van der Waals surface area (Å²) in [5.74, 6) is -2.63. The number of urea groups is 1. The topological polar surface area (TPSA) is 84.5 Å². The second-order valence-electron chi connectivity index (χ2n) is 6.09. The SMILES string of the molecule is C[C@@H](OC(=O)c1cc(F)c(Cl)cc1Cl)C(=O)NC(=O)NC1CCCCC1. The van der Waals surface area contributed by atoms with Crippen LogP contribution in [-0.4, -0.2) is 30.1 Å². The Balaban J connectivity index is 1.88. The van der Waals surface area contributed by atoms with Crippen molar-refractivity contribution in [3.8, 4) is 0 Å². The number of carbonyl (C=O) groups excluding carboxylic acids is 3. The summed E-state index contributed by atoms with van der Waals surface area (Å²) in [6, 6.07) is 1.29. The summed E-state index contributed by atoms with van der Waals surface area (Å²) in [5, 5.41) is 4.49. The number of hydrogen-bond acceptors (Lipinski definition) is 4. The lowest BCUT2D eigenvalue weighted by Gasteiger charge is -2.23. The molecule has 26 heavy (non-hydrogen) atoms. The van der Waals surface area contributed by atoms with E-state index in [1.54, 1.807) is 0 Å². The Morgan fingerprint density at radius 2 is 1.81 bits per heavy atom. The van der Waals surface area contributed by atoms with Crippen LogP contribution in [0.15, 0.2) is 12.1 Å². The number of imide groups is 1. The summed E-state index contributed by atoms with van der Waals surface area (Å²) in [4.78, 5) is 35.9. The van der Waals surface area contributed by atoms with Gasteiger partial charge in [0, 0.05) is 6.04 Å². The van der Waals surface area contributed by atoms with Gasteiger partial charge in [-0.25, -0.2) is 14.0 Å². The number of halogens is 3. The Kier molecular flexibility index (Phi) is 7.23. The monoisotopic (exact) mass is 404 g/mol. The maximum Gasteiger partial charge on any atom is 0.340 e. The molecule has 0 radical (unpaired) electrons. The summed E-state index contributed by atoms with van der Waals surface area (Å²) in [5.41, 5.74) is -0.264.